The molecule has 2 atom stereocenters. The summed E-state index contributed by atoms with van der Waals surface area (Å²) < 4.78 is 47.8. The fourth-order valence-corrected chi connectivity index (χ4v) is 7.08. The smallest absolute Gasteiger partial charge is 0.383 e. The van der Waals surface area contributed by atoms with Crippen molar-refractivity contribution in [3.8, 4) is 17.2 Å². The first-order chi connectivity index (χ1) is 21.3. The zero-order valence-corrected chi connectivity index (χ0v) is 29.7. The van der Waals surface area contributed by atoms with Crippen LogP contribution in [0.5, 0.6) is 17.2 Å². The molecule has 248 valence electrons. The summed E-state index contributed by atoms with van der Waals surface area (Å²) in [6.07, 6.45) is 1.75. The topological polar surface area (TPSA) is 119 Å². The number of nitrogens with one attached hydrogen (secondary N) is 1. The van der Waals surface area contributed by atoms with Crippen LogP contribution >= 0.6 is 7.60 Å². The molecule has 1 aliphatic heterocycles. The van der Waals surface area contributed by atoms with Crippen LogP contribution in [0.25, 0.3) is 0 Å². The van der Waals surface area contributed by atoms with Gasteiger partial charge in [-0.2, -0.15) is 0 Å². The number of para-hydroxylation sites is 1. The molecule has 10 nitrogen and oxygen atoms in total. The van der Waals surface area contributed by atoms with Gasteiger partial charge in [-0.15, -0.1) is 0 Å². The largest absolute Gasteiger partial charge is 0.496 e. The van der Waals surface area contributed by atoms with Gasteiger partial charge in [-0.3, -0.25) is 9.32 Å². The Morgan fingerprint density at radius 1 is 1.18 bits per heavy atom. The molecule has 45 heavy (non-hydrogen) atoms. The van der Waals surface area contributed by atoms with Crippen molar-refractivity contribution in [1.82, 2.24) is 5.32 Å². The number of esters is 2. The Morgan fingerprint density at radius 3 is 2.53 bits per heavy atom. The average Bonchev–Trinajstić information content (AvgIpc) is 3.36. The number of hydrogen-bond donors (Lipinski definition) is 1. The lowest BCUT2D eigenvalue weighted by molar-refractivity contribution is -0.161. The second-order valence-corrected chi connectivity index (χ2v) is 19.9. The van der Waals surface area contributed by atoms with Crippen LogP contribution in [-0.4, -0.2) is 59.3 Å². The van der Waals surface area contributed by atoms with Gasteiger partial charge in [-0.25, -0.2) is 9.36 Å². The first-order valence-corrected chi connectivity index (χ1v) is 20.8. The van der Waals surface area contributed by atoms with Gasteiger partial charge in [0.05, 0.1) is 19.9 Å². The molecule has 0 saturated carbocycles. The van der Waals surface area contributed by atoms with E-state index in [1.165, 1.54) is 6.92 Å². The van der Waals surface area contributed by atoms with Crippen LogP contribution in [0.3, 0.4) is 0 Å². The highest BCUT2D eigenvalue weighted by Gasteiger charge is 2.33. The van der Waals surface area contributed by atoms with Crippen molar-refractivity contribution in [1.29, 1.82) is 0 Å². The van der Waals surface area contributed by atoms with E-state index in [0.29, 0.717) is 48.9 Å². The summed E-state index contributed by atoms with van der Waals surface area (Å²) in [5, 5.41) is 3.30. The van der Waals surface area contributed by atoms with Crippen LogP contribution < -0.4 is 19.3 Å². The van der Waals surface area contributed by atoms with Crippen molar-refractivity contribution in [2.24, 2.45) is 0 Å². The van der Waals surface area contributed by atoms with Crippen LogP contribution in [0.4, 0.5) is 0 Å². The first kappa shape index (κ1) is 36.4. The fourth-order valence-electron chi connectivity index (χ4n) is 4.76. The van der Waals surface area contributed by atoms with Crippen molar-refractivity contribution in [3.63, 3.8) is 0 Å². The van der Waals surface area contributed by atoms with E-state index >= 15 is 0 Å². The van der Waals surface area contributed by atoms with Gasteiger partial charge in [0.1, 0.15) is 29.4 Å². The molecule has 2 aromatic carbocycles. The second-order valence-electron chi connectivity index (χ2n) is 12.2. The minimum absolute atomic E-state index is 0.0538. The summed E-state index contributed by atoms with van der Waals surface area (Å²) in [6, 6.07) is 9.71. The van der Waals surface area contributed by atoms with Gasteiger partial charge < -0.3 is 28.8 Å². The summed E-state index contributed by atoms with van der Waals surface area (Å²) in [7, 11) is -3.42. The lowest BCUT2D eigenvalue weighted by Gasteiger charge is -2.23. The number of carbonyl (C=O) groups excluding carboxylic acids is 2. The lowest BCUT2D eigenvalue weighted by Crippen LogP contribution is -2.24. The summed E-state index contributed by atoms with van der Waals surface area (Å²) >= 11 is 0. The zero-order valence-electron chi connectivity index (χ0n) is 27.8. The van der Waals surface area contributed by atoms with Gasteiger partial charge in [-0.05, 0) is 50.9 Å². The normalized spacial score (nSPS) is 15.1. The van der Waals surface area contributed by atoms with E-state index in [1.54, 1.807) is 38.3 Å². The molecule has 0 aromatic heterocycles. The molecule has 0 amide bonds. The van der Waals surface area contributed by atoms with E-state index in [-0.39, 0.29) is 25.2 Å². The molecule has 12 heteroatoms. The van der Waals surface area contributed by atoms with Gasteiger partial charge in [-0.1, -0.05) is 56.4 Å². The number of rotatable bonds is 18. The Balaban J connectivity index is 1.71. The summed E-state index contributed by atoms with van der Waals surface area (Å²) in [5.41, 5.74) is 4.02. The monoisotopic (exact) mass is 661 g/mol. The highest BCUT2D eigenvalue weighted by atomic mass is 31.2. The molecule has 0 spiro atoms. The number of fused-ring (bicyclic) bond motifs is 1. The predicted molar refractivity (Wildman–Crippen MR) is 177 cm³/mol. The van der Waals surface area contributed by atoms with Crippen LogP contribution in [0.15, 0.2) is 42.0 Å². The third kappa shape index (κ3) is 10.7. The van der Waals surface area contributed by atoms with Crippen LogP contribution in [-0.2, 0) is 36.4 Å². The van der Waals surface area contributed by atoms with E-state index in [4.69, 9.17) is 28.0 Å². The Morgan fingerprint density at radius 2 is 1.89 bits per heavy atom. The van der Waals surface area contributed by atoms with Crippen molar-refractivity contribution in [2.75, 3.05) is 33.0 Å². The zero-order chi connectivity index (χ0) is 33.2. The number of allylic oxidation sites excluding steroid dienone is 1. The first-order valence-electron chi connectivity index (χ1n) is 15.4. The van der Waals surface area contributed by atoms with Crippen LogP contribution in [0.1, 0.15) is 54.2 Å². The third-order valence-electron chi connectivity index (χ3n) is 7.23. The molecule has 0 bridgehead atoms. The second kappa shape index (κ2) is 16.4. The number of carbonyl (C=O) groups is 2. The van der Waals surface area contributed by atoms with Crippen molar-refractivity contribution in [3.05, 3.63) is 64.2 Å². The molecule has 1 N–H and O–H groups in total. The highest BCUT2D eigenvalue weighted by molar-refractivity contribution is 7.54. The van der Waals surface area contributed by atoms with E-state index in [1.807, 2.05) is 19.9 Å². The van der Waals surface area contributed by atoms with Gasteiger partial charge in [0.15, 0.2) is 0 Å². The molecule has 1 heterocycles. The van der Waals surface area contributed by atoms with E-state index in [9.17, 15) is 14.2 Å². The molecule has 0 aliphatic carbocycles. The predicted octanol–water partition coefficient (Wildman–Crippen LogP) is 7.06. The quantitative estimate of drug-likeness (QED) is 0.0444. The van der Waals surface area contributed by atoms with Crippen molar-refractivity contribution >= 4 is 27.6 Å². The SMILES string of the molecule is CCC(=O)O[C@H](C)OP(=O)(CCNC/C(C)=C/Cc1c(OC)c(C)c2c(c1OCC[Si](C)(C)C)C(=O)OC2)Oc1ccccc1. The maximum absolute atomic E-state index is 13.7. The number of ether oxygens (including phenoxy) is 4. The maximum Gasteiger partial charge on any atom is 0.383 e. The van der Waals surface area contributed by atoms with E-state index < -0.39 is 27.9 Å². The lowest BCUT2D eigenvalue weighted by atomic mass is 9.95. The van der Waals surface area contributed by atoms with Crippen LogP contribution in [0.2, 0.25) is 25.7 Å². The molecular weight excluding hydrogens is 613 g/mol. The Bertz CT molecular complexity index is 1410. The fraction of sp³-hybridized carbons (Fsp3) is 0.515. The Labute approximate surface area is 268 Å². The van der Waals surface area contributed by atoms with Crippen LogP contribution in [0, 0.1) is 6.92 Å². The molecule has 3 rings (SSSR count). The molecule has 0 fully saturated rings. The average molecular weight is 662 g/mol. The number of benzene rings is 2. The third-order valence-corrected chi connectivity index (χ3v) is 10.8. The molecule has 2 aromatic rings. The summed E-state index contributed by atoms with van der Waals surface area (Å²) in [4.78, 5) is 24.5. The molecular formula is C33H48NO9PSi. The molecule has 1 unspecified atom stereocenters. The summed E-state index contributed by atoms with van der Waals surface area (Å²) in [6.45, 7) is 15.5. The minimum Gasteiger partial charge on any atom is -0.496 e. The highest BCUT2D eigenvalue weighted by Crippen LogP contribution is 2.49. The Hall–Kier alpha value is -3.11. The van der Waals surface area contributed by atoms with Crippen molar-refractivity contribution in [2.45, 2.75) is 79.1 Å². The van der Waals surface area contributed by atoms with Crippen molar-refractivity contribution < 1.29 is 42.1 Å². The standard InChI is InChI=1S/C33H48NO9PSi/c1-9-29(35)41-25(4)42-44(37,43-26-13-11-10-12-14-26)19-17-34-21-23(2)15-16-27-31(38-5)24(3)28-22-40-33(36)30(28)32(27)39-18-20-45(6,7)8/h10-15,25,34H,9,16-22H2,1-8H3/b23-15+/t25-,44?/m0/s1. The Kier molecular flexibility index (Phi) is 13.3. The van der Waals surface area contributed by atoms with E-state index in [2.05, 4.69) is 31.0 Å². The molecule has 0 saturated heterocycles. The van der Waals surface area contributed by atoms with Gasteiger partial charge in [0, 0.05) is 38.7 Å². The molecule has 1 aliphatic rings. The maximum atomic E-state index is 13.7. The molecule has 0 radical (unpaired) electrons. The van der Waals surface area contributed by atoms with Gasteiger partial charge >= 0.3 is 19.5 Å². The number of methoxy groups -OCH3 is 1. The van der Waals surface area contributed by atoms with E-state index in [0.717, 1.165) is 28.3 Å². The minimum atomic E-state index is -3.68. The van der Waals surface area contributed by atoms with Gasteiger partial charge in [0.2, 0.25) is 6.29 Å². The van der Waals surface area contributed by atoms with Gasteiger partial charge in [0.25, 0.3) is 0 Å². The number of cyclic esters (lactones) is 1. The summed E-state index contributed by atoms with van der Waals surface area (Å²) in [5.74, 6) is 0.812. The number of hydrogen-bond acceptors (Lipinski definition) is 10.